The number of rotatable bonds is 7. The molecule has 0 aliphatic heterocycles. The van der Waals surface area contributed by atoms with Crippen molar-refractivity contribution in [2.45, 2.75) is 6.92 Å². The summed E-state index contributed by atoms with van der Waals surface area (Å²) >= 11 is 0. The van der Waals surface area contributed by atoms with Gasteiger partial charge in [-0.3, -0.25) is 0 Å². The molecule has 55 heavy (non-hydrogen) atoms. The molecule has 0 atom stereocenters. The molecule has 0 unspecified atom stereocenters. The first-order valence-corrected chi connectivity index (χ1v) is 18.8. The summed E-state index contributed by atoms with van der Waals surface area (Å²) in [7, 11) is 0. The topological polar surface area (TPSA) is 16.4 Å². The fraction of sp³-hybridized carbons (Fsp3) is 0.0189. The van der Waals surface area contributed by atoms with Crippen molar-refractivity contribution in [1.29, 1.82) is 0 Å². The molecule has 1 heterocycles. The summed E-state index contributed by atoms with van der Waals surface area (Å²) < 4.78 is 6.39. The molecule has 260 valence electrons. The van der Waals surface area contributed by atoms with Crippen LogP contribution in [-0.2, 0) is 0 Å². The lowest BCUT2D eigenvalue weighted by molar-refractivity contribution is 0.670. The third-order valence-electron chi connectivity index (χ3n) is 10.8. The van der Waals surface area contributed by atoms with Gasteiger partial charge in [-0.2, -0.15) is 0 Å². The quantitative estimate of drug-likeness (QED) is 0.164. The van der Waals surface area contributed by atoms with E-state index >= 15 is 0 Å². The van der Waals surface area contributed by atoms with Gasteiger partial charge in [-0.05, 0) is 105 Å². The van der Waals surface area contributed by atoms with Crippen LogP contribution >= 0.6 is 0 Å². The van der Waals surface area contributed by atoms with Crippen LogP contribution in [0.2, 0.25) is 0 Å². The highest BCUT2D eigenvalue weighted by Gasteiger charge is 2.16. The molecule has 10 rings (SSSR count). The lowest BCUT2D eigenvalue weighted by atomic mass is 9.93. The van der Waals surface area contributed by atoms with E-state index in [2.05, 4.69) is 206 Å². The number of benzene rings is 9. The molecule has 2 heteroatoms. The van der Waals surface area contributed by atoms with E-state index in [1.54, 1.807) is 0 Å². The van der Waals surface area contributed by atoms with Gasteiger partial charge in [0.25, 0.3) is 0 Å². The predicted octanol–water partition coefficient (Wildman–Crippen LogP) is 15.2. The normalized spacial score (nSPS) is 11.4. The largest absolute Gasteiger partial charge is 0.455 e. The summed E-state index contributed by atoms with van der Waals surface area (Å²) in [5, 5.41) is 4.83. The molecule has 0 radical (unpaired) electrons. The van der Waals surface area contributed by atoms with Crippen LogP contribution in [0.1, 0.15) is 5.56 Å². The van der Waals surface area contributed by atoms with Crippen LogP contribution in [0.15, 0.2) is 211 Å². The Labute approximate surface area is 321 Å². The Morgan fingerprint density at radius 1 is 0.345 bits per heavy atom. The Bertz CT molecular complexity index is 2940. The van der Waals surface area contributed by atoms with E-state index in [1.165, 1.54) is 49.7 Å². The second kappa shape index (κ2) is 13.7. The summed E-state index contributed by atoms with van der Waals surface area (Å²) in [6, 6.07) is 73.9. The van der Waals surface area contributed by atoms with Crippen LogP contribution in [0.25, 0.3) is 77.2 Å². The standard InChI is InChI=1S/C53H37NO/c1-36-18-19-41-12-5-6-13-47(41)52(36)43-22-20-38(21-23-43)40-26-32-45(33-27-40)54(44-30-24-39(25-31-44)37-10-3-2-4-11-37)46-34-28-42(29-35-46)48-15-9-16-50-49-14-7-8-17-51(49)55-53(48)50/h2-35H,1H3. The van der Waals surface area contributed by atoms with Gasteiger partial charge in [0.2, 0.25) is 0 Å². The summed E-state index contributed by atoms with van der Waals surface area (Å²) in [6.07, 6.45) is 0. The second-order valence-corrected chi connectivity index (χ2v) is 14.2. The van der Waals surface area contributed by atoms with Crippen molar-refractivity contribution >= 4 is 49.8 Å². The first-order valence-electron chi connectivity index (χ1n) is 18.8. The van der Waals surface area contributed by atoms with E-state index < -0.39 is 0 Å². The van der Waals surface area contributed by atoms with Gasteiger partial charge in [-0.15, -0.1) is 0 Å². The van der Waals surface area contributed by atoms with Gasteiger partial charge in [-0.25, -0.2) is 0 Å². The van der Waals surface area contributed by atoms with E-state index in [0.29, 0.717) is 0 Å². The minimum Gasteiger partial charge on any atom is -0.455 e. The van der Waals surface area contributed by atoms with Crippen molar-refractivity contribution in [2.75, 3.05) is 4.90 Å². The molecule has 0 bridgehead atoms. The van der Waals surface area contributed by atoms with Gasteiger partial charge in [-0.1, -0.05) is 164 Å². The highest BCUT2D eigenvalue weighted by Crippen LogP contribution is 2.40. The Morgan fingerprint density at radius 2 is 0.836 bits per heavy atom. The number of hydrogen-bond acceptors (Lipinski definition) is 2. The second-order valence-electron chi connectivity index (χ2n) is 14.2. The molecule has 0 aliphatic carbocycles. The van der Waals surface area contributed by atoms with Crippen LogP contribution in [0.3, 0.4) is 0 Å². The zero-order valence-electron chi connectivity index (χ0n) is 30.5. The SMILES string of the molecule is Cc1ccc2ccccc2c1-c1ccc(-c2ccc(N(c3ccc(-c4ccccc4)cc3)c3ccc(-c4cccc5c4oc4ccccc45)cc3)cc2)cc1. The van der Waals surface area contributed by atoms with E-state index in [9.17, 15) is 0 Å². The number of para-hydroxylation sites is 2. The maximum Gasteiger partial charge on any atom is 0.143 e. The van der Waals surface area contributed by atoms with Gasteiger partial charge in [0, 0.05) is 33.4 Å². The minimum absolute atomic E-state index is 0.908. The van der Waals surface area contributed by atoms with Crippen molar-refractivity contribution in [3.05, 3.63) is 212 Å². The highest BCUT2D eigenvalue weighted by molar-refractivity contribution is 6.09. The lowest BCUT2D eigenvalue weighted by Crippen LogP contribution is -2.09. The smallest absolute Gasteiger partial charge is 0.143 e. The Kier molecular flexibility index (Phi) is 8.08. The minimum atomic E-state index is 0.908. The fourth-order valence-corrected chi connectivity index (χ4v) is 8.04. The average molecular weight is 704 g/mol. The fourth-order valence-electron chi connectivity index (χ4n) is 8.04. The molecular formula is C53H37NO. The molecule has 0 aliphatic rings. The van der Waals surface area contributed by atoms with Crippen molar-refractivity contribution in [2.24, 2.45) is 0 Å². The number of fused-ring (bicyclic) bond motifs is 4. The van der Waals surface area contributed by atoms with E-state index in [1.807, 2.05) is 12.1 Å². The first kappa shape index (κ1) is 32.5. The zero-order valence-corrected chi connectivity index (χ0v) is 30.5. The molecule has 0 saturated heterocycles. The Hall–Kier alpha value is -7.16. The van der Waals surface area contributed by atoms with Crippen molar-refractivity contribution in [3.63, 3.8) is 0 Å². The highest BCUT2D eigenvalue weighted by atomic mass is 16.3. The van der Waals surface area contributed by atoms with Crippen LogP contribution < -0.4 is 4.90 Å². The number of anilines is 3. The Morgan fingerprint density at radius 3 is 1.49 bits per heavy atom. The maximum atomic E-state index is 6.39. The molecule has 2 nitrogen and oxygen atoms in total. The van der Waals surface area contributed by atoms with E-state index in [-0.39, 0.29) is 0 Å². The van der Waals surface area contributed by atoms with Crippen molar-refractivity contribution in [3.8, 4) is 44.5 Å². The third kappa shape index (κ3) is 5.95. The van der Waals surface area contributed by atoms with Gasteiger partial charge in [0.05, 0.1) is 0 Å². The summed E-state index contributed by atoms with van der Waals surface area (Å²) in [5.74, 6) is 0. The lowest BCUT2D eigenvalue weighted by Gasteiger charge is -2.26. The summed E-state index contributed by atoms with van der Waals surface area (Å²) in [5.41, 5.74) is 15.9. The predicted molar refractivity (Wildman–Crippen MR) is 232 cm³/mol. The Balaban J connectivity index is 1.00. The van der Waals surface area contributed by atoms with Crippen molar-refractivity contribution < 1.29 is 4.42 Å². The molecule has 0 saturated carbocycles. The summed E-state index contributed by atoms with van der Waals surface area (Å²) in [6.45, 7) is 2.20. The van der Waals surface area contributed by atoms with E-state index in [4.69, 9.17) is 4.42 Å². The monoisotopic (exact) mass is 703 g/mol. The number of aryl methyl sites for hydroxylation is 1. The van der Waals surface area contributed by atoms with Gasteiger partial charge >= 0.3 is 0 Å². The van der Waals surface area contributed by atoms with Crippen LogP contribution in [-0.4, -0.2) is 0 Å². The third-order valence-corrected chi connectivity index (χ3v) is 10.8. The molecule has 1 aromatic heterocycles. The van der Waals surface area contributed by atoms with Gasteiger partial charge in [0.1, 0.15) is 11.2 Å². The average Bonchev–Trinajstić information content (AvgIpc) is 3.64. The number of furan rings is 1. The van der Waals surface area contributed by atoms with Crippen LogP contribution in [0.4, 0.5) is 17.1 Å². The number of hydrogen-bond donors (Lipinski definition) is 0. The van der Waals surface area contributed by atoms with Crippen molar-refractivity contribution in [1.82, 2.24) is 0 Å². The molecular weight excluding hydrogens is 667 g/mol. The zero-order chi connectivity index (χ0) is 36.7. The maximum absolute atomic E-state index is 6.39. The molecule has 9 aromatic carbocycles. The van der Waals surface area contributed by atoms with Gasteiger partial charge in [0.15, 0.2) is 0 Å². The first-order chi connectivity index (χ1) is 27.2. The van der Waals surface area contributed by atoms with Gasteiger partial charge < -0.3 is 9.32 Å². The summed E-state index contributed by atoms with van der Waals surface area (Å²) in [4.78, 5) is 2.33. The molecule has 0 fully saturated rings. The van der Waals surface area contributed by atoms with Crippen LogP contribution in [0.5, 0.6) is 0 Å². The molecule has 0 amide bonds. The van der Waals surface area contributed by atoms with E-state index in [0.717, 1.165) is 50.1 Å². The molecule has 0 N–H and O–H groups in total. The molecule has 0 spiro atoms. The molecule has 10 aromatic rings. The van der Waals surface area contributed by atoms with Crippen LogP contribution in [0, 0.1) is 6.92 Å². The number of nitrogens with zero attached hydrogens (tertiary/aromatic N) is 1.